The van der Waals surface area contributed by atoms with Crippen LogP contribution in [0, 0.1) is 0 Å². The molecule has 1 unspecified atom stereocenters. The molecule has 24 heavy (non-hydrogen) atoms. The van der Waals surface area contributed by atoms with Gasteiger partial charge in [0.05, 0.1) is 17.5 Å². The normalized spacial score (nSPS) is 14.3. The van der Waals surface area contributed by atoms with E-state index in [0.717, 1.165) is 18.4 Å². The van der Waals surface area contributed by atoms with Gasteiger partial charge in [-0.05, 0) is 36.2 Å². The molecule has 2 atom stereocenters. The molecule has 0 heterocycles. The predicted molar refractivity (Wildman–Crippen MR) is 96.7 cm³/mol. The van der Waals surface area contributed by atoms with Crippen molar-refractivity contribution in [2.75, 3.05) is 6.61 Å². The highest BCUT2D eigenvalue weighted by Gasteiger charge is 2.27. The molecule has 2 aromatic carbocycles. The summed E-state index contributed by atoms with van der Waals surface area (Å²) >= 11 is 5.81. The molecule has 0 fully saturated rings. The van der Waals surface area contributed by atoms with Gasteiger partial charge < -0.3 is 5.11 Å². The minimum atomic E-state index is -3.73. The van der Waals surface area contributed by atoms with Crippen LogP contribution in [-0.2, 0) is 10.0 Å². The SMILES string of the molecule is CCC[C@H](c1ccccc1)C(CO)NS(=O)(=O)c1ccc(Cl)cc1. The monoisotopic (exact) mass is 367 g/mol. The Morgan fingerprint density at radius 2 is 1.71 bits per heavy atom. The van der Waals surface area contributed by atoms with Crippen LogP contribution in [0.3, 0.4) is 0 Å². The first kappa shape index (κ1) is 18.9. The zero-order valence-electron chi connectivity index (χ0n) is 13.5. The van der Waals surface area contributed by atoms with Crippen LogP contribution in [0.1, 0.15) is 31.2 Å². The summed E-state index contributed by atoms with van der Waals surface area (Å²) in [5.74, 6) is -0.0942. The maximum absolute atomic E-state index is 12.6. The van der Waals surface area contributed by atoms with Gasteiger partial charge in [-0.2, -0.15) is 0 Å². The summed E-state index contributed by atoms with van der Waals surface area (Å²) in [6.07, 6.45) is 1.66. The number of hydrogen-bond acceptors (Lipinski definition) is 3. The third-order valence-electron chi connectivity index (χ3n) is 3.94. The van der Waals surface area contributed by atoms with E-state index in [0.29, 0.717) is 5.02 Å². The number of aliphatic hydroxyl groups excluding tert-OH is 1. The van der Waals surface area contributed by atoms with Crippen LogP contribution in [0.25, 0.3) is 0 Å². The average molecular weight is 368 g/mol. The van der Waals surface area contributed by atoms with Crippen LogP contribution >= 0.6 is 11.6 Å². The van der Waals surface area contributed by atoms with E-state index in [1.165, 1.54) is 24.3 Å². The third-order valence-corrected chi connectivity index (χ3v) is 5.70. The number of sulfonamides is 1. The quantitative estimate of drug-likeness (QED) is 0.749. The van der Waals surface area contributed by atoms with Crippen molar-refractivity contribution in [2.24, 2.45) is 0 Å². The van der Waals surface area contributed by atoms with Crippen molar-refractivity contribution in [3.63, 3.8) is 0 Å². The van der Waals surface area contributed by atoms with Crippen LogP contribution < -0.4 is 4.72 Å². The van der Waals surface area contributed by atoms with Crippen molar-refractivity contribution in [3.8, 4) is 0 Å². The Labute approximate surface area is 148 Å². The zero-order chi connectivity index (χ0) is 17.6. The summed E-state index contributed by atoms with van der Waals surface area (Å²) in [7, 11) is -3.73. The summed E-state index contributed by atoms with van der Waals surface area (Å²) < 4.78 is 27.8. The Bertz CT molecular complexity index is 733. The maximum Gasteiger partial charge on any atom is 0.240 e. The van der Waals surface area contributed by atoms with Crippen molar-refractivity contribution >= 4 is 21.6 Å². The van der Waals surface area contributed by atoms with Crippen LogP contribution in [0.4, 0.5) is 0 Å². The summed E-state index contributed by atoms with van der Waals surface area (Å²) in [5, 5.41) is 10.3. The molecule has 0 saturated carbocycles. The lowest BCUT2D eigenvalue weighted by atomic mass is 9.88. The maximum atomic E-state index is 12.6. The van der Waals surface area contributed by atoms with Gasteiger partial charge >= 0.3 is 0 Å². The predicted octanol–water partition coefficient (Wildman–Crippen LogP) is 3.56. The van der Waals surface area contributed by atoms with E-state index in [2.05, 4.69) is 4.72 Å². The fourth-order valence-electron chi connectivity index (χ4n) is 2.74. The van der Waals surface area contributed by atoms with Crippen molar-refractivity contribution in [3.05, 3.63) is 65.2 Å². The van der Waals surface area contributed by atoms with Gasteiger partial charge in [-0.15, -0.1) is 0 Å². The Hall–Kier alpha value is -1.40. The molecule has 130 valence electrons. The fourth-order valence-corrected chi connectivity index (χ4v) is 4.13. The minimum absolute atomic E-state index is 0.0942. The summed E-state index contributed by atoms with van der Waals surface area (Å²) in [5.41, 5.74) is 1.01. The van der Waals surface area contributed by atoms with E-state index in [1.54, 1.807) is 0 Å². The summed E-state index contributed by atoms with van der Waals surface area (Å²) in [6.45, 7) is 1.77. The first-order valence-corrected chi connectivity index (χ1v) is 9.77. The van der Waals surface area contributed by atoms with Gasteiger partial charge in [0.15, 0.2) is 0 Å². The van der Waals surface area contributed by atoms with Crippen molar-refractivity contribution in [2.45, 2.75) is 36.6 Å². The van der Waals surface area contributed by atoms with Gasteiger partial charge in [0.2, 0.25) is 10.0 Å². The number of benzene rings is 2. The number of rotatable bonds is 8. The van der Waals surface area contributed by atoms with Gasteiger partial charge in [0, 0.05) is 10.9 Å². The number of aliphatic hydroxyl groups is 1. The van der Waals surface area contributed by atoms with E-state index in [-0.39, 0.29) is 17.4 Å². The largest absolute Gasteiger partial charge is 0.395 e. The topological polar surface area (TPSA) is 66.4 Å². The fraction of sp³-hybridized carbons (Fsp3) is 0.333. The third kappa shape index (κ3) is 4.80. The van der Waals surface area contributed by atoms with E-state index in [9.17, 15) is 13.5 Å². The second kappa shape index (κ2) is 8.62. The Balaban J connectivity index is 2.27. The molecular weight excluding hydrogens is 346 g/mol. The molecule has 2 aromatic rings. The van der Waals surface area contributed by atoms with E-state index >= 15 is 0 Å². The second-order valence-electron chi connectivity index (χ2n) is 5.67. The molecule has 0 aliphatic rings. The van der Waals surface area contributed by atoms with Crippen molar-refractivity contribution in [1.29, 1.82) is 0 Å². The highest BCUT2D eigenvalue weighted by Crippen LogP contribution is 2.26. The number of nitrogens with one attached hydrogen (secondary N) is 1. The molecule has 4 nitrogen and oxygen atoms in total. The first-order valence-electron chi connectivity index (χ1n) is 7.91. The molecule has 0 saturated heterocycles. The van der Waals surface area contributed by atoms with Crippen LogP contribution in [0.15, 0.2) is 59.5 Å². The van der Waals surface area contributed by atoms with Crippen LogP contribution in [0.2, 0.25) is 5.02 Å². The smallest absolute Gasteiger partial charge is 0.240 e. The average Bonchev–Trinajstić information content (AvgIpc) is 2.59. The van der Waals surface area contributed by atoms with Crippen molar-refractivity contribution < 1.29 is 13.5 Å². The molecule has 6 heteroatoms. The molecule has 0 radical (unpaired) electrons. The molecule has 2 rings (SSSR count). The Kier molecular flexibility index (Phi) is 6.80. The number of halogens is 1. The molecule has 0 aromatic heterocycles. The Morgan fingerprint density at radius 1 is 1.08 bits per heavy atom. The van der Waals surface area contributed by atoms with Crippen LogP contribution in [-0.4, -0.2) is 26.2 Å². The molecule has 2 N–H and O–H groups in total. The lowest BCUT2D eigenvalue weighted by Crippen LogP contribution is -2.41. The molecule has 0 aliphatic heterocycles. The van der Waals surface area contributed by atoms with Gasteiger partial charge in [0.1, 0.15) is 0 Å². The molecular formula is C18H22ClNO3S. The second-order valence-corrected chi connectivity index (χ2v) is 7.82. The van der Waals surface area contributed by atoms with Gasteiger partial charge in [-0.3, -0.25) is 0 Å². The lowest BCUT2D eigenvalue weighted by Gasteiger charge is -2.26. The van der Waals surface area contributed by atoms with Gasteiger partial charge in [-0.25, -0.2) is 13.1 Å². The lowest BCUT2D eigenvalue weighted by molar-refractivity contribution is 0.234. The summed E-state index contributed by atoms with van der Waals surface area (Å²) in [4.78, 5) is 0.133. The molecule has 0 bridgehead atoms. The zero-order valence-corrected chi connectivity index (χ0v) is 15.1. The standard InChI is InChI=1S/C18H22ClNO3S/c1-2-6-17(14-7-4-3-5-8-14)18(13-21)20-24(22,23)16-11-9-15(19)10-12-16/h3-5,7-12,17-18,20-21H,2,6,13H2,1H3/t17-,18?/m1/s1. The van der Waals surface area contributed by atoms with E-state index < -0.39 is 16.1 Å². The van der Waals surface area contributed by atoms with Crippen LogP contribution in [0.5, 0.6) is 0 Å². The molecule has 0 amide bonds. The highest BCUT2D eigenvalue weighted by molar-refractivity contribution is 7.89. The van der Waals surface area contributed by atoms with Gasteiger partial charge in [-0.1, -0.05) is 55.3 Å². The van der Waals surface area contributed by atoms with E-state index in [1.807, 2.05) is 37.3 Å². The minimum Gasteiger partial charge on any atom is -0.395 e. The van der Waals surface area contributed by atoms with Crippen molar-refractivity contribution in [1.82, 2.24) is 4.72 Å². The first-order chi connectivity index (χ1) is 11.5. The summed E-state index contributed by atoms with van der Waals surface area (Å²) in [6, 6.07) is 15.0. The molecule has 0 aliphatic carbocycles. The van der Waals surface area contributed by atoms with E-state index in [4.69, 9.17) is 11.6 Å². The number of hydrogen-bond donors (Lipinski definition) is 2. The Morgan fingerprint density at radius 3 is 2.25 bits per heavy atom. The highest BCUT2D eigenvalue weighted by atomic mass is 35.5. The molecule has 0 spiro atoms. The van der Waals surface area contributed by atoms with Gasteiger partial charge in [0.25, 0.3) is 0 Å².